The van der Waals surface area contributed by atoms with E-state index in [-0.39, 0.29) is 26.6 Å². The number of nitrogens with zero attached hydrogens (tertiary/aromatic N) is 2. The van der Waals surface area contributed by atoms with E-state index in [1.165, 1.54) is 0 Å². The van der Waals surface area contributed by atoms with E-state index < -0.39 is 27.9 Å². The molecule has 0 radical (unpaired) electrons. The summed E-state index contributed by atoms with van der Waals surface area (Å²) in [5, 5.41) is 0. The maximum Gasteiger partial charge on any atom is 0.573 e. The molecule has 3 heterocycles. The van der Waals surface area contributed by atoms with Gasteiger partial charge in [0.15, 0.2) is 5.69 Å². The monoisotopic (exact) mass is 471 g/mol. The van der Waals surface area contributed by atoms with Gasteiger partial charge in [0.1, 0.15) is 5.75 Å². The van der Waals surface area contributed by atoms with Gasteiger partial charge in [-0.05, 0) is 43.2 Å². The molecule has 2 aliphatic heterocycles. The van der Waals surface area contributed by atoms with Gasteiger partial charge in [-0.15, -0.1) is 13.2 Å². The second kappa shape index (κ2) is 7.93. The largest absolute Gasteiger partial charge is 0.573 e. The van der Waals surface area contributed by atoms with E-state index in [4.69, 9.17) is 10.5 Å². The Morgan fingerprint density at radius 1 is 1.19 bits per heavy atom. The van der Waals surface area contributed by atoms with Crippen molar-refractivity contribution in [2.24, 2.45) is 5.41 Å². The molecular formula is C20H20F3N3O5S. The SMILES string of the molecule is Nc1cc(S(=O)(=O)c2ccc(OC(F)(F)F)cc2)cnc1C(=O)N1CC2(CCCOC2)C1. The molecule has 1 aromatic carbocycles. The Hall–Kier alpha value is -2.86. The summed E-state index contributed by atoms with van der Waals surface area (Å²) in [6.45, 7) is 2.38. The van der Waals surface area contributed by atoms with Crippen LogP contribution in [0.3, 0.4) is 0 Å². The van der Waals surface area contributed by atoms with Crippen LogP contribution in [0, 0.1) is 5.41 Å². The summed E-state index contributed by atoms with van der Waals surface area (Å²) in [5.74, 6) is -0.943. The summed E-state index contributed by atoms with van der Waals surface area (Å²) < 4.78 is 71.7. The summed E-state index contributed by atoms with van der Waals surface area (Å²) in [6.07, 6.45) is -1.96. The van der Waals surface area contributed by atoms with Crippen LogP contribution in [-0.2, 0) is 14.6 Å². The van der Waals surface area contributed by atoms with Crippen molar-refractivity contribution in [3.05, 3.63) is 42.2 Å². The number of halogens is 3. The first kappa shape index (κ1) is 22.3. The highest BCUT2D eigenvalue weighted by molar-refractivity contribution is 7.91. The lowest BCUT2D eigenvalue weighted by atomic mass is 9.75. The Balaban J connectivity index is 1.49. The minimum Gasteiger partial charge on any atom is -0.406 e. The fourth-order valence-corrected chi connectivity index (χ4v) is 5.20. The number of likely N-dealkylation sites (tertiary alicyclic amines) is 1. The van der Waals surface area contributed by atoms with E-state index >= 15 is 0 Å². The summed E-state index contributed by atoms with van der Waals surface area (Å²) in [5.41, 5.74) is 5.74. The van der Waals surface area contributed by atoms with Crippen molar-refractivity contribution in [2.45, 2.75) is 29.0 Å². The summed E-state index contributed by atoms with van der Waals surface area (Å²) in [4.78, 5) is 17.8. The number of benzene rings is 1. The zero-order chi connectivity index (χ0) is 23.1. The molecule has 0 saturated carbocycles. The molecule has 2 fully saturated rings. The van der Waals surface area contributed by atoms with Crippen LogP contribution in [0.15, 0.2) is 46.3 Å². The van der Waals surface area contributed by atoms with Crippen molar-refractivity contribution >= 4 is 21.4 Å². The van der Waals surface area contributed by atoms with Crippen LogP contribution >= 0.6 is 0 Å². The Morgan fingerprint density at radius 3 is 2.44 bits per heavy atom. The minimum absolute atomic E-state index is 0.0338. The molecule has 8 nitrogen and oxygen atoms in total. The van der Waals surface area contributed by atoms with Crippen molar-refractivity contribution in [3.63, 3.8) is 0 Å². The molecule has 0 unspecified atom stereocenters. The van der Waals surface area contributed by atoms with Crippen LogP contribution in [0.2, 0.25) is 0 Å². The number of nitrogen functional groups attached to an aromatic ring is 1. The predicted octanol–water partition coefficient (Wildman–Crippen LogP) is 2.65. The molecule has 32 heavy (non-hydrogen) atoms. The summed E-state index contributed by atoms with van der Waals surface area (Å²) in [7, 11) is -4.12. The standard InChI is InChI=1S/C20H20F3N3O5S/c21-20(22,23)31-13-2-4-14(5-3-13)32(28,29)15-8-16(24)17(25-9-15)18(27)26-10-19(11-26)6-1-7-30-12-19/h2-5,8-9H,1,6-7,10-12,24H2. The van der Waals surface area contributed by atoms with Gasteiger partial charge in [-0.25, -0.2) is 13.4 Å². The van der Waals surface area contributed by atoms with Crippen molar-refractivity contribution < 1.29 is 35.9 Å². The van der Waals surface area contributed by atoms with Gasteiger partial charge in [0.2, 0.25) is 9.84 Å². The number of carbonyl (C=O) groups is 1. The van der Waals surface area contributed by atoms with E-state index in [9.17, 15) is 26.4 Å². The van der Waals surface area contributed by atoms with Gasteiger partial charge >= 0.3 is 6.36 Å². The fourth-order valence-electron chi connectivity index (χ4n) is 3.96. The number of alkyl halides is 3. The molecule has 0 aliphatic carbocycles. The number of rotatable bonds is 4. The van der Waals surface area contributed by atoms with E-state index in [2.05, 4.69) is 9.72 Å². The van der Waals surface area contributed by atoms with Crippen LogP contribution in [-0.4, -0.2) is 56.9 Å². The Morgan fingerprint density at radius 2 is 1.88 bits per heavy atom. The van der Waals surface area contributed by atoms with Crippen molar-refractivity contribution in [1.82, 2.24) is 9.88 Å². The number of hydrogen-bond acceptors (Lipinski definition) is 7. The maximum absolute atomic E-state index is 12.8. The molecule has 2 saturated heterocycles. The van der Waals surface area contributed by atoms with Crippen LogP contribution < -0.4 is 10.5 Å². The zero-order valence-electron chi connectivity index (χ0n) is 16.8. The molecule has 0 bridgehead atoms. The van der Waals surface area contributed by atoms with Crippen molar-refractivity contribution in [2.75, 3.05) is 32.0 Å². The Labute approximate surface area is 182 Å². The van der Waals surface area contributed by atoms with Crippen LogP contribution in [0.5, 0.6) is 5.75 Å². The smallest absolute Gasteiger partial charge is 0.406 e. The predicted molar refractivity (Wildman–Crippen MR) is 106 cm³/mol. The highest BCUT2D eigenvalue weighted by Crippen LogP contribution is 2.39. The topological polar surface area (TPSA) is 112 Å². The highest BCUT2D eigenvalue weighted by atomic mass is 32.2. The maximum atomic E-state index is 12.8. The third-order valence-electron chi connectivity index (χ3n) is 5.52. The number of aromatic nitrogens is 1. The lowest BCUT2D eigenvalue weighted by molar-refractivity contribution is -0.274. The molecule has 172 valence electrons. The number of nitrogens with two attached hydrogens (primary N) is 1. The van der Waals surface area contributed by atoms with E-state index in [1.807, 2.05) is 0 Å². The summed E-state index contributed by atoms with van der Waals surface area (Å²) in [6, 6.07) is 4.87. The molecule has 1 amide bonds. The van der Waals surface area contributed by atoms with Crippen molar-refractivity contribution in [1.29, 1.82) is 0 Å². The number of pyridine rings is 1. The second-order valence-corrected chi connectivity index (χ2v) is 9.90. The molecule has 2 aromatic rings. The molecule has 2 N–H and O–H groups in total. The van der Waals surface area contributed by atoms with Crippen LogP contribution in [0.25, 0.3) is 0 Å². The van der Waals surface area contributed by atoms with Crippen LogP contribution in [0.1, 0.15) is 23.3 Å². The first-order valence-corrected chi connectivity index (χ1v) is 11.2. The molecule has 12 heteroatoms. The number of ether oxygens (including phenoxy) is 2. The van der Waals surface area contributed by atoms with Gasteiger partial charge in [-0.3, -0.25) is 4.79 Å². The van der Waals surface area contributed by atoms with Gasteiger partial charge < -0.3 is 20.1 Å². The number of sulfone groups is 1. The first-order valence-electron chi connectivity index (χ1n) is 9.73. The molecule has 0 atom stereocenters. The highest BCUT2D eigenvalue weighted by Gasteiger charge is 2.47. The number of anilines is 1. The summed E-state index contributed by atoms with van der Waals surface area (Å²) >= 11 is 0. The van der Waals surface area contributed by atoms with E-state index in [0.717, 1.165) is 56.0 Å². The minimum atomic E-state index is -4.89. The molecule has 4 rings (SSSR count). The van der Waals surface area contributed by atoms with Gasteiger partial charge in [-0.2, -0.15) is 0 Å². The lowest BCUT2D eigenvalue weighted by Gasteiger charge is -2.51. The van der Waals surface area contributed by atoms with Gasteiger partial charge in [0, 0.05) is 31.3 Å². The molecule has 1 spiro atoms. The quantitative estimate of drug-likeness (QED) is 0.730. The Bertz CT molecular complexity index is 1120. The van der Waals surface area contributed by atoms with E-state index in [1.54, 1.807) is 4.90 Å². The molecular weight excluding hydrogens is 451 g/mol. The van der Waals surface area contributed by atoms with Gasteiger partial charge in [0.05, 0.1) is 22.1 Å². The number of carbonyl (C=O) groups excluding carboxylic acids is 1. The number of hydrogen-bond donors (Lipinski definition) is 1. The zero-order valence-corrected chi connectivity index (χ0v) is 17.6. The normalized spacial score (nSPS) is 18.3. The first-order chi connectivity index (χ1) is 15.0. The molecule has 1 aromatic heterocycles. The fraction of sp³-hybridized carbons (Fsp3) is 0.400. The molecule has 2 aliphatic rings. The average molecular weight is 471 g/mol. The Kier molecular flexibility index (Phi) is 5.53. The third kappa shape index (κ3) is 4.37. The second-order valence-electron chi connectivity index (χ2n) is 7.95. The van der Waals surface area contributed by atoms with Crippen LogP contribution in [0.4, 0.5) is 18.9 Å². The van der Waals surface area contributed by atoms with Gasteiger partial charge in [-0.1, -0.05) is 0 Å². The third-order valence-corrected chi connectivity index (χ3v) is 7.25. The van der Waals surface area contributed by atoms with Gasteiger partial charge in [0.25, 0.3) is 5.91 Å². The van der Waals surface area contributed by atoms with Crippen molar-refractivity contribution in [3.8, 4) is 5.75 Å². The van der Waals surface area contributed by atoms with E-state index in [0.29, 0.717) is 19.7 Å². The lowest BCUT2D eigenvalue weighted by Crippen LogP contribution is -2.61. The average Bonchev–Trinajstić information content (AvgIpc) is 2.71. The number of amides is 1.